The zero-order valence-electron chi connectivity index (χ0n) is 9.36. The van der Waals surface area contributed by atoms with Gasteiger partial charge in [-0.3, -0.25) is 5.43 Å². The van der Waals surface area contributed by atoms with Gasteiger partial charge in [-0.05, 0) is 30.8 Å². The summed E-state index contributed by atoms with van der Waals surface area (Å²) < 4.78 is 0. The van der Waals surface area contributed by atoms with Crippen molar-refractivity contribution < 1.29 is 0 Å². The highest BCUT2D eigenvalue weighted by atomic mass is 32.2. The Bertz CT molecular complexity index is 351. The molecule has 1 atom stereocenters. The van der Waals surface area contributed by atoms with Gasteiger partial charge in [0.15, 0.2) is 0 Å². The summed E-state index contributed by atoms with van der Waals surface area (Å²) in [7, 11) is 0. The van der Waals surface area contributed by atoms with Gasteiger partial charge >= 0.3 is 0 Å². The smallest absolute Gasteiger partial charge is 0.239 e. The first-order valence-electron chi connectivity index (χ1n) is 5.42. The molecule has 0 amide bonds. The fraction of sp³-hybridized carbons (Fsp3) is 0.600. The topological polar surface area (TPSA) is 75.9 Å². The van der Waals surface area contributed by atoms with E-state index in [1.165, 1.54) is 17.9 Å². The van der Waals surface area contributed by atoms with Crippen LogP contribution in [0.3, 0.4) is 0 Å². The lowest BCUT2D eigenvalue weighted by Crippen LogP contribution is -2.16. The Morgan fingerprint density at radius 3 is 3.12 bits per heavy atom. The molecule has 1 saturated heterocycles. The predicted molar refractivity (Wildman–Crippen MR) is 68.5 cm³/mol. The summed E-state index contributed by atoms with van der Waals surface area (Å²) >= 11 is 2.02. The van der Waals surface area contributed by atoms with E-state index in [1.807, 2.05) is 24.8 Å². The number of nitrogen functional groups attached to an aromatic ring is 1. The quantitative estimate of drug-likeness (QED) is 0.542. The molecule has 1 unspecified atom stereocenters. The molecular weight excluding hydrogens is 222 g/mol. The summed E-state index contributed by atoms with van der Waals surface area (Å²) in [4.78, 5) is 8.39. The molecule has 0 spiro atoms. The molecule has 0 aromatic carbocycles. The van der Waals surface area contributed by atoms with Gasteiger partial charge in [-0.1, -0.05) is 0 Å². The number of nitrogens with zero attached hydrogens (tertiary/aromatic N) is 2. The van der Waals surface area contributed by atoms with Crippen molar-refractivity contribution >= 4 is 23.5 Å². The average molecular weight is 239 g/mol. The van der Waals surface area contributed by atoms with E-state index in [9.17, 15) is 0 Å². The lowest BCUT2D eigenvalue weighted by atomic mass is 10.1. The number of anilines is 2. The first kappa shape index (κ1) is 11.5. The first-order chi connectivity index (χ1) is 7.78. The number of hydrogen-bond donors (Lipinski definition) is 3. The minimum absolute atomic E-state index is 0.461. The molecule has 0 aliphatic carbocycles. The molecule has 1 aromatic heterocycles. The Kier molecular flexibility index (Phi) is 3.84. The van der Waals surface area contributed by atoms with E-state index in [1.54, 1.807) is 0 Å². The number of aromatic nitrogens is 2. The van der Waals surface area contributed by atoms with Crippen molar-refractivity contribution in [2.75, 3.05) is 28.8 Å². The van der Waals surface area contributed by atoms with Crippen molar-refractivity contribution in [1.29, 1.82) is 0 Å². The zero-order valence-corrected chi connectivity index (χ0v) is 10.2. The highest BCUT2D eigenvalue weighted by Gasteiger charge is 2.15. The van der Waals surface area contributed by atoms with Crippen LogP contribution in [0.25, 0.3) is 0 Å². The summed E-state index contributed by atoms with van der Waals surface area (Å²) in [6.45, 7) is 2.91. The largest absolute Gasteiger partial charge is 0.370 e. The second-order valence-electron chi connectivity index (χ2n) is 3.97. The highest BCUT2D eigenvalue weighted by molar-refractivity contribution is 7.99. The lowest BCUT2D eigenvalue weighted by molar-refractivity contribution is 0.630. The van der Waals surface area contributed by atoms with Crippen LogP contribution in [0.15, 0.2) is 6.07 Å². The summed E-state index contributed by atoms with van der Waals surface area (Å²) in [5, 5.41) is 3.34. The molecule has 0 radical (unpaired) electrons. The number of hydrazine groups is 1. The first-order valence-corrected chi connectivity index (χ1v) is 6.57. The van der Waals surface area contributed by atoms with Crippen LogP contribution in [-0.2, 0) is 0 Å². The molecule has 0 saturated carbocycles. The van der Waals surface area contributed by atoms with E-state index in [0.717, 1.165) is 24.0 Å². The van der Waals surface area contributed by atoms with Crippen molar-refractivity contribution in [3.63, 3.8) is 0 Å². The fourth-order valence-electron chi connectivity index (χ4n) is 1.72. The Hall–Kier alpha value is -1.01. The van der Waals surface area contributed by atoms with Crippen molar-refractivity contribution in [3.8, 4) is 0 Å². The van der Waals surface area contributed by atoms with E-state index < -0.39 is 0 Å². The molecule has 1 aliphatic rings. The Morgan fingerprint density at radius 2 is 2.44 bits per heavy atom. The molecule has 1 fully saturated rings. The van der Waals surface area contributed by atoms with E-state index in [4.69, 9.17) is 5.84 Å². The minimum Gasteiger partial charge on any atom is -0.370 e. The van der Waals surface area contributed by atoms with Crippen LogP contribution in [0.4, 0.5) is 11.8 Å². The molecule has 2 heterocycles. The van der Waals surface area contributed by atoms with Gasteiger partial charge in [0.25, 0.3) is 0 Å². The van der Waals surface area contributed by atoms with Crippen LogP contribution in [-0.4, -0.2) is 28.0 Å². The molecule has 2 rings (SSSR count). The molecule has 4 N–H and O–H groups in total. The lowest BCUT2D eigenvalue weighted by Gasteiger charge is -2.11. The van der Waals surface area contributed by atoms with Crippen molar-refractivity contribution in [2.45, 2.75) is 13.3 Å². The third-order valence-corrected chi connectivity index (χ3v) is 3.81. The minimum atomic E-state index is 0.461. The number of thioether (sulfide) groups is 1. The highest BCUT2D eigenvalue weighted by Crippen LogP contribution is 2.23. The summed E-state index contributed by atoms with van der Waals surface area (Å²) in [6, 6.07) is 1.93. The monoisotopic (exact) mass is 239 g/mol. The molecule has 1 aliphatic heterocycles. The van der Waals surface area contributed by atoms with Gasteiger partial charge in [-0.25, -0.2) is 10.8 Å². The standard InChI is InChI=1S/C10H17N5S/c1-7-4-9(14-10(13-7)15-11)12-5-8-2-3-16-6-8/h4,8H,2-3,5-6,11H2,1H3,(H2,12,13,14,15). The van der Waals surface area contributed by atoms with Crippen LogP contribution < -0.4 is 16.6 Å². The molecular formula is C10H17N5S. The van der Waals surface area contributed by atoms with Crippen LogP contribution in [0.1, 0.15) is 12.1 Å². The Morgan fingerprint density at radius 1 is 1.56 bits per heavy atom. The zero-order chi connectivity index (χ0) is 11.4. The number of aryl methyl sites for hydroxylation is 1. The Labute approximate surface area is 99.6 Å². The molecule has 6 heteroatoms. The third kappa shape index (κ3) is 2.99. The number of hydrogen-bond acceptors (Lipinski definition) is 6. The SMILES string of the molecule is Cc1cc(NCC2CCSC2)nc(NN)n1. The van der Waals surface area contributed by atoms with E-state index in [-0.39, 0.29) is 0 Å². The third-order valence-electron chi connectivity index (χ3n) is 2.58. The fourth-order valence-corrected chi connectivity index (χ4v) is 3.00. The van der Waals surface area contributed by atoms with Crippen LogP contribution in [0, 0.1) is 12.8 Å². The Balaban J connectivity index is 1.94. The molecule has 16 heavy (non-hydrogen) atoms. The van der Waals surface area contributed by atoms with Gasteiger partial charge in [0.1, 0.15) is 5.82 Å². The van der Waals surface area contributed by atoms with E-state index >= 15 is 0 Å². The maximum atomic E-state index is 5.30. The van der Waals surface area contributed by atoms with Crippen LogP contribution in [0.5, 0.6) is 0 Å². The molecule has 5 nitrogen and oxygen atoms in total. The molecule has 1 aromatic rings. The van der Waals surface area contributed by atoms with Gasteiger partial charge in [0.05, 0.1) is 0 Å². The van der Waals surface area contributed by atoms with Gasteiger partial charge in [0, 0.05) is 18.3 Å². The molecule has 0 bridgehead atoms. The van der Waals surface area contributed by atoms with Crippen molar-refractivity contribution in [3.05, 3.63) is 11.8 Å². The maximum absolute atomic E-state index is 5.30. The number of rotatable bonds is 4. The van der Waals surface area contributed by atoms with Crippen molar-refractivity contribution in [1.82, 2.24) is 9.97 Å². The van der Waals surface area contributed by atoms with Crippen LogP contribution >= 0.6 is 11.8 Å². The normalized spacial score (nSPS) is 19.8. The van der Waals surface area contributed by atoms with E-state index in [0.29, 0.717) is 5.95 Å². The molecule has 88 valence electrons. The summed E-state index contributed by atoms with van der Waals surface area (Å²) in [5.74, 6) is 9.90. The predicted octanol–water partition coefficient (Wildman–Crippen LogP) is 1.24. The summed E-state index contributed by atoms with van der Waals surface area (Å²) in [5.41, 5.74) is 3.38. The summed E-state index contributed by atoms with van der Waals surface area (Å²) in [6.07, 6.45) is 1.30. The van der Waals surface area contributed by atoms with E-state index in [2.05, 4.69) is 20.7 Å². The van der Waals surface area contributed by atoms with Gasteiger partial charge in [0.2, 0.25) is 5.95 Å². The maximum Gasteiger partial charge on any atom is 0.239 e. The van der Waals surface area contributed by atoms with Crippen molar-refractivity contribution in [2.24, 2.45) is 11.8 Å². The second-order valence-corrected chi connectivity index (χ2v) is 5.12. The average Bonchev–Trinajstić information content (AvgIpc) is 2.78. The number of nitrogens with one attached hydrogen (secondary N) is 2. The van der Waals surface area contributed by atoms with Gasteiger partial charge < -0.3 is 5.32 Å². The number of nitrogens with two attached hydrogens (primary N) is 1. The van der Waals surface area contributed by atoms with Gasteiger partial charge in [-0.2, -0.15) is 16.7 Å². The van der Waals surface area contributed by atoms with Gasteiger partial charge in [-0.15, -0.1) is 0 Å². The van der Waals surface area contributed by atoms with Crippen LogP contribution in [0.2, 0.25) is 0 Å². The second kappa shape index (κ2) is 5.36.